The van der Waals surface area contributed by atoms with Gasteiger partial charge >= 0.3 is 0 Å². The van der Waals surface area contributed by atoms with E-state index in [1.165, 1.54) is 5.41 Å². The molecule has 1 unspecified atom stereocenters. The minimum Gasteiger partial charge on any atom is -0.264 e. The molecule has 1 aliphatic heterocycles. The number of halogens is 1. The third-order valence-electron chi connectivity index (χ3n) is 3.90. The standard InChI is InChI=1S/C17H17ClN2O2S/c18-16-7-5-14(6-8-16)9-12-23(21,22)20-11-2-4-17(20)15-3-1-10-19-13-15/h1,3,5-10,12-13,17H,2,4,11H2/b12-9+. The highest BCUT2D eigenvalue weighted by molar-refractivity contribution is 7.92. The van der Waals surface area contributed by atoms with Crippen molar-refractivity contribution in [1.29, 1.82) is 0 Å². The van der Waals surface area contributed by atoms with Gasteiger partial charge in [0, 0.05) is 29.4 Å². The second kappa shape index (κ2) is 6.83. The van der Waals surface area contributed by atoms with E-state index in [-0.39, 0.29) is 6.04 Å². The molecule has 6 heteroatoms. The zero-order valence-electron chi connectivity index (χ0n) is 12.5. The molecule has 2 heterocycles. The average Bonchev–Trinajstić information content (AvgIpc) is 3.06. The average molecular weight is 349 g/mol. The largest absolute Gasteiger partial charge is 0.264 e. The predicted octanol–water partition coefficient (Wildman–Crippen LogP) is 3.87. The van der Waals surface area contributed by atoms with Crippen LogP contribution in [0.2, 0.25) is 5.02 Å². The van der Waals surface area contributed by atoms with Crippen molar-refractivity contribution in [3.05, 3.63) is 70.3 Å². The summed E-state index contributed by atoms with van der Waals surface area (Å²) in [6.45, 7) is 0.535. The summed E-state index contributed by atoms with van der Waals surface area (Å²) in [6, 6.07) is 10.7. The summed E-state index contributed by atoms with van der Waals surface area (Å²) < 4.78 is 26.9. The fourth-order valence-corrected chi connectivity index (χ4v) is 4.34. The van der Waals surface area contributed by atoms with Gasteiger partial charge in [-0.05, 0) is 48.2 Å². The second-order valence-corrected chi connectivity index (χ2v) is 7.66. The van der Waals surface area contributed by atoms with Crippen molar-refractivity contribution in [2.45, 2.75) is 18.9 Å². The van der Waals surface area contributed by atoms with E-state index in [9.17, 15) is 8.42 Å². The minimum atomic E-state index is -3.47. The first-order chi connectivity index (χ1) is 11.1. The summed E-state index contributed by atoms with van der Waals surface area (Å²) in [6.07, 6.45) is 6.71. The molecule has 120 valence electrons. The molecule has 0 bridgehead atoms. The molecule has 1 saturated heterocycles. The number of nitrogens with zero attached hydrogens (tertiary/aromatic N) is 2. The first kappa shape index (κ1) is 16.2. The highest BCUT2D eigenvalue weighted by Gasteiger charge is 2.33. The van der Waals surface area contributed by atoms with E-state index in [1.54, 1.807) is 47.0 Å². The van der Waals surface area contributed by atoms with Crippen molar-refractivity contribution in [3.8, 4) is 0 Å². The van der Waals surface area contributed by atoms with Crippen LogP contribution >= 0.6 is 11.6 Å². The van der Waals surface area contributed by atoms with Gasteiger partial charge in [0.25, 0.3) is 0 Å². The van der Waals surface area contributed by atoms with Crippen molar-refractivity contribution in [2.24, 2.45) is 0 Å². The maximum absolute atomic E-state index is 12.6. The molecule has 1 fully saturated rings. The Kier molecular flexibility index (Phi) is 4.80. The van der Waals surface area contributed by atoms with Crippen LogP contribution in [0.5, 0.6) is 0 Å². The summed E-state index contributed by atoms with van der Waals surface area (Å²) in [7, 11) is -3.47. The fraction of sp³-hybridized carbons (Fsp3) is 0.235. The number of hydrogen-bond acceptors (Lipinski definition) is 3. The van der Waals surface area contributed by atoms with Crippen molar-refractivity contribution >= 4 is 27.7 Å². The number of rotatable bonds is 4. The van der Waals surface area contributed by atoms with Gasteiger partial charge in [-0.1, -0.05) is 29.8 Å². The number of benzene rings is 1. The lowest BCUT2D eigenvalue weighted by Crippen LogP contribution is -2.28. The summed E-state index contributed by atoms with van der Waals surface area (Å²) in [5.41, 5.74) is 1.74. The Labute approximate surface area is 141 Å². The van der Waals surface area contributed by atoms with Crippen molar-refractivity contribution in [3.63, 3.8) is 0 Å². The molecule has 0 saturated carbocycles. The van der Waals surface area contributed by atoms with Crippen LogP contribution in [0.25, 0.3) is 6.08 Å². The molecule has 0 radical (unpaired) electrons. The molecule has 0 amide bonds. The third-order valence-corrected chi connectivity index (χ3v) is 5.73. The van der Waals surface area contributed by atoms with Crippen LogP contribution in [0.4, 0.5) is 0 Å². The van der Waals surface area contributed by atoms with Crippen LogP contribution in [0.1, 0.15) is 30.0 Å². The SMILES string of the molecule is O=S(=O)(/C=C/c1ccc(Cl)cc1)N1CCCC1c1cccnc1. The normalized spacial score (nSPS) is 19.4. The number of aromatic nitrogens is 1. The van der Waals surface area contributed by atoms with E-state index >= 15 is 0 Å². The Morgan fingerprint density at radius 2 is 2.00 bits per heavy atom. The molecular formula is C17H17ClN2O2S. The van der Waals surface area contributed by atoms with Crippen LogP contribution in [0.3, 0.4) is 0 Å². The van der Waals surface area contributed by atoms with E-state index in [4.69, 9.17) is 11.6 Å². The molecule has 0 spiro atoms. The molecular weight excluding hydrogens is 332 g/mol. The Hall–Kier alpha value is -1.69. The lowest BCUT2D eigenvalue weighted by atomic mass is 10.1. The van der Waals surface area contributed by atoms with Crippen molar-refractivity contribution in [2.75, 3.05) is 6.54 Å². The molecule has 1 atom stereocenters. The van der Waals surface area contributed by atoms with Crippen molar-refractivity contribution < 1.29 is 8.42 Å². The highest BCUT2D eigenvalue weighted by atomic mass is 35.5. The van der Waals surface area contributed by atoms with Gasteiger partial charge in [-0.2, -0.15) is 4.31 Å². The van der Waals surface area contributed by atoms with Gasteiger partial charge < -0.3 is 0 Å². The van der Waals surface area contributed by atoms with E-state index in [1.807, 2.05) is 12.1 Å². The quantitative estimate of drug-likeness (QED) is 0.842. The first-order valence-corrected chi connectivity index (χ1v) is 9.30. The minimum absolute atomic E-state index is 0.136. The van der Waals surface area contributed by atoms with Crippen LogP contribution in [0.15, 0.2) is 54.2 Å². The van der Waals surface area contributed by atoms with Gasteiger partial charge in [-0.3, -0.25) is 4.98 Å². The second-order valence-electron chi connectivity index (χ2n) is 5.45. The zero-order valence-corrected chi connectivity index (χ0v) is 14.0. The van der Waals surface area contributed by atoms with E-state index in [0.29, 0.717) is 11.6 Å². The maximum Gasteiger partial charge on any atom is 0.236 e. The predicted molar refractivity (Wildman–Crippen MR) is 92.3 cm³/mol. The molecule has 23 heavy (non-hydrogen) atoms. The summed E-state index contributed by atoms with van der Waals surface area (Å²) in [5.74, 6) is 0. The molecule has 1 aromatic heterocycles. The Morgan fingerprint density at radius 3 is 2.70 bits per heavy atom. The zero-order chi connectivity index (χ0) is 16.3. The Morgan fingerprint density at radius 1 is 1.22 bits per heavy atom. The first-order valence-electron chi connectivity index (χ1n) is 7.42. The van der Waals surface area contributed by atoms with Gasteiger partial charge in [-0.15, -0.1) is 0 Å². The molecule has 1 aliphatic rings. The van der Waals surface area contributed by atoms with Crippen LogP contribution in [-0.4, -0.2) is 24.3 Å². The Bertz CT molecular complexity index is 789. The topological polar surface area (TPSA) is 50.3 Å². The smallest absolute Gasteiger partial charge is 0.236 e. The summed E-state index contributed by atoms with van der Waals surface area (Å²) in [4.78, 5) is 4.10. The van der Waals surface area contributed by atoms with E-state index in [2.05, 4.69) is 4.98 Å². The Balaban J connectivity index is 1.82. The molecule has 3 rings (SSSR count). The fourth-order valence-electron chi connectivity index (χ4n) is 2.77. The van der Waals surface area contributed by atoms with E-state index in [0.717, 1.165) is 24.0 Å². The summed E-state index contributed by atoms with van der Waals surface area (Å²) >= 11 is 5.84. The third kappa shape index (κ3) is 3.80. The molecule has 0 N–H and O–H groups in total. The molecule has 0 aliphatic carbocycles. The number of sulfonamides is 1. The lowest BCUT2D eigenvalue weighted by molar-refractivity contribution is 0.402. The lowest BCUT2D eigenvalue weighted by Gasteiger charge is -2.22. The van der Waals surface area contributed by atoms with E-state index < -0.39 is 10.0 Å². The van der Waals surface area contributed by atoms with Crippen LogP contribution in [-0.2, 0) is 10.0 Å². The number of hydrogen-bond donors (Lipinski definition) is 0. The van der Waals surface area contributed by atoms with Gasteiger partial charge in [0.2, 0.25) is 10.0 Å². The highest BCUT2D eigenvalue weighted by Crippen LogP contribution is 2.34. The monoisotopic (exact) mass is 348 g/mol. The van der Waals surface area contributed by atoms with Gasteiger partial charge in [0.15, 0.2) is 0 Å². The number of pyridine rings is 1. The van der Waals surface area contributed by atoms with Gasteiger partial charge in [0.1, 0.15) is 0 Å². The summed E-state index contributed by atoms with van der Waals surface area (Å²) in [5, 5.41) is 1.89. The van der Waals surface area contributed by atoms with Crippen LogP contribution < -0.4 is 0 Å². The molecule has 2 aromatic rings. The van der Waals surface area contributed by atoms with Gasteiger partial charge in [-0.25, -0.2) is 8.42 Å². The van der Waals surface area contributed by atoms with Crippen molar-refractivity contribution in [1.82, 2.24) is 9.29 Å². The molecule has 1 aromatic carbocycles. The van der Waals surface area contributed by atoms with Crippen LogP contribution in [0, 0.1) is 0 Å². The molecule has 4 nitrogen and oxygen atoms in total. The maximum atomic E-state index is 12.6. The van der Waals surface area contributed by atoms with Gasteiger partial charge in [0.05, 0.1) is 6.04 Å².